The summed E-state index contributed by atoms with van der Waals surface area (Å²) in [5, 5.41) is 12.5. The lowest BCUT2D eigenvalue weighted by Crippen LogP contribution is -2.19. The first-order valence-electron chi connectivity index (χ1n) is 9.84. The lowest BCUT2D eigenvalue weighted by molar-refractivity contribution is -0.141. The molecule has 4 aromatic rings. The number of amides is 1. The Morgan fingerprint density at radius 1 is 0.939 bits per heavy atom. The molecule has 0 atom stereocenters. The molecule has 4 rings (SSSR count). The second-order valence-electron chi connectivity index (χ2n) is 7.10. The van der Waals surface area contributed by atoms with Gasteiger partial charge in [0.25, 0.3) is 5.91 Å². The highest BCUT2D eigenvalue weighted by atomic mass is 19.4. The molecule has 0 spiro atoms. The van der Waals surface area contributed by atoms with E-state index in [1.54, 1.807) is 12.1 Å². The van der Waals surface area contributed by atoms with Gasteiger partial charge in [-0.05, 0) is 47.5 Å². The van der Waals surface area contributed by atoms with E-state index in [0.717, 1.165) is 21.9 Å². The number of hydroxylamine groups is 1. The third kappa shape index (κ3) is 5.04. The number of benzene rings is 3. The molecule has 0 bridgehead atoms. The molecule has 33 heavy (non-hydrogen) atoms. The maximum Gasteiger partial charge on any atom is 0.435 e. The quantitative estimate of drug-likeness (QED) is 0.309. The number of hydrogen-bond donors (Lipinski definition) is 2. The van der Waals surface area contributed by atoms with Gasteiger partial charge in [-0.3, -0.25) is 10.0 Å². The van der Waals surface area contributed by atoms with Gasteiger partial charge in [0.15, 0.2) is 5.69 Å². The van der Waals surface area contributed by atoms with Gasteiger partial charge in [0.1, 0.15) is 12.4 Å². The van der Waals surface area contributed by atoms with Crippen LogP contribution in [-0.4, -0.2) is 20.9 Å². The van der Waals surface area contributed by atoms with Crippen LogP contribution in [-0.2, 0) is 12.8 Å². The highest BCUT2D eigenvalue weighted by Crippen LogP contribution is 2.30. The zero-order valence-corrected chi connectivity index (χ0v) is 17.1. The van der Waals surface area contributed by atoms with Crippen molar-refractivity contribution in [1.29, 1.82) is 0 Å². The highest BCUT2D eigenvalue weighted by molar-refractivity contribution is 5.93. The Morgan fingerprint density at radius 3 is 2.30 bits per heavy atom. The first-order valence-corrected chi connectivity index (χ1v) is 9.84. The Hall–Kier alpha value is -4.11. The number of ether oxygens (including phenoxy) is 1. The predicted octanol–water partition coefficient (Wildman–Crippen LogP) is 5.26. The summed E-state index contributed by atoms with van der Waals surface area (Å²) in [6.45, 7) is -0.190. The highest BCUT2D eigenvalue weighted by Gasteiger charge is 2.35. The van der Waals surface area contributed by atoms with Crippen LogP contribution in [0, 0.1) is 0 Å². The minimum atomic E-state index is -4.66. The molecule has 3 aromatic carbocycles. The average molecular weight is 453 g/mol. The fraction of sp³-hybridized carbons (Fsp3) is 0.0833. The molecule has 1 aromatic heterocycles. The van der Waals surface area contributed by atoms with E-state index in [0.29, 0.717) is 5.75 Å². The van der Waals surface area contributed by atoms with Crippen molar-refractivity contribution in [3.05, 3.63) is 102 Å². The second-order valence-corrected chi connectivity index (χ2v) is 7.10. The normalized spacial score (nSPS) is 11.3. The zero-order chi connectivity index (χ0) is 23.4. The second kappa shape index (κ2) is 9.17. The minimum Gasteiger partial charge on any atom is -0.487 e. The summed E-state index contributed by atoms with van der Waals surface area (Å²) in [6, 6.07) is 23.5. The molecule has 0 aliphatic rings. The molecule has 0 saturated carbocycles. The van der Waals surface area contributed by atoms with Gasteiger partial charge in [-0.15, -0.1) is 0 Å². The lowest BCUT2D eigenvalue weighted by Gasteiger charge is -2.11. The van der Waals surface area contributed by atoms with Gasteiger partial charge < -0.3 is 4.74 Å². The molecule has 0 fully saturated rings. The zero-order valence-electron chi connectivity index (χ0n) is 17.1. The number of rotatable bonds is 6. The van der Waals surface area contributed by atoms with Crippen LogP contribution in [0.2, 0.25) is 0 Å². The van der Waals surface area contributed by atoms with Crippen LogP contribution >= 0.6 is 0 Å². The Kier molecular flexibility index (Phi) is 6.14. The third-order valence-corrected chi connectivity index (χ3v) is 4.88. The van der Waals surface area contributed by atoms with Gasteiger partial charge in [-0.25, -0.2) is 10.2 Å². The van der Waals surface area contributed by atoms with Gasteiger partial charge in [0.05, 0.1) is 11.4 Å². The summed E-state index contributed by atoms with van der Waals surface area (Å²) < 4.78 is 46.7. The molecular weight excluding hydrogens is 435 g/mol. The summed E-state index contributed by atoms with van der Waals surface area (Å²) in [4.78, 5) is 11.7. The Labute approximate surface area is 186 Å². The predicted molar refractivity (Wildman–Crippen MR) is 114 cm³/mol. The summed E-state index contributed by atoms with van der Waals surface area (Å²) >= 11 is 0. The molecule has 0 aliphatic carbocycles. The summed E-state index contributed by atoms with van der Waals surface area (Å²) in [6.07, 6.45) is -4.66. The van der Waals surface area contributed by atoms with Crippen molar-refractivity contribution in [2.24, 2.45) is 0 Å². The van der Waals surface area contributed by atoms with Crippen molar-refractivity contribution in [1.82, 2.24) is 15.3 Å². The van der Waals surface area contributed by atoms with Crippen LogP contribution < -0.4 is 10.2 Å². The molecule has 168 valence electrons. The number of aromatic nitrogens is 2. The largest absolute Gasteiger partial charge is 0.487 e. The number of carbonyl (C=O) groups excluding carboxylic acids is 1. The van der Waals surface area contributed by atoms with Crippen molar-refractivity contribution in [3.63, 3.8) is 0 Å². The number of halogens is 3. The topological polar surface area (TPSA) is 76.4 Å². The monoisotopic (exact) mass is 453 g/mol. The summed E-state index contributed by atoms with van der Waals surface area (Å²) in [5.41, 5.74) is 2.82. The molecule has 1 heterocycles. The Bertz CT molecular complexity index is 1250. The smallest absolute Gasteiger partial charge is 0.435 e. The SMILES string of the molecule is O=C(NO)c1cccc(-n2nc(C(F)(F)F)cc2COc2ccc(-c3ccccc3)cc2)c1. The van der Waals surface area contributed by atoms with Gasteiger partial charge in [0, 0.05) is 5.56 Å². The molecule has 0 aliphatic heterocycles. The van der Waals surface area contributed by atoms with Gasteiger partial charge >= 0.3 is 6.18 Å². The van der Waals surface area contributed by atoms with E-state index in [1.165, 1.54) is 29.7 Å². The number of carbonyl (C=O) groups is 1. The number of nitrogens with one attached hydrogen (secondary N) is 1. The molecule has 0 unspecified atom stereocenters. The lowest BCUT2D eigenvalue weighted by atomic mass is 10.1. The van der Waals surface area contributed by atoms with E-state index < -0.39 is 17.8 Å². The maximum atomic E-state index is 13.3. The van der Waals surface area contributed by atoms with Crippen LogP contribution in [0.3, 0.4) is 0 Å². The van der Waals surface area contributed by atoms with Crippen molar-refractivity contribution in [3.8, 4) is 22.6 Å². The van der Waals surface area contributed by atoms with Crippen molar-refractivity contribution < 1.29 is 27.9 Å². The van der Waals surface area contributed by atoms with Gasteiger partial charge in [-0.2, -0.15) is 18.3 Å². The van der Waals surface area contributed by atoms with Crippen LogP contribution in [0.25, 0.3) is 16.8 Å². The van der Waals surface area contributed by atoms with E-state index >= 15 is 0 Å². The first-order chi connectivity index (χ1) is 15.8. The first kappa shape index (κ1) is 22.1. The molecule has 1 amide bonds. The van der Waals surface area contributed by atoms with E-state index in [2.05, 4.69) is 5.10 Å². The van der Waals surface area contributed by atoms with E-state index in [-0.39, 0.29) is 23.6 Å². The maximum absolute atomic E-state index is 13.3. The molecular formula is C24H18F3N3O3. The van der Waals surface area contributed by atoms with E-state index in [4.69, 9.17) is 9.94 Å². The average Bonchev–Trinajstić information content (AvgIpc) is 3.28. The molecule has 0 saturated heterocycles. The van der Waals surface area contributed by atoms with E-state index in [1.807, 2.05) is 42.5 Å². The van der Waals surface area contributed by atoms with Crippen LogP contribution in [0.15, 0.2) is 84.9 Å². The molecule has 6 nitrogen and oxygen atoms in total. The van der Waals surface area contributed by atoms with Gasteiger partial charge in [0.2, 0.25) is 0 Å². The van der Waals surface area contributed by atoms with Crippen LogP contribution in [0.1, 0.15) is 21.7 Å². The third-order valence-electron chi connectivity index (χ3n) is 4.88. The van der Waals surface area contributed by atoms with Crippen molar-refractivity contribution in [2.45, 2.75) is 12.8 Å². The molecule has 0 radical (unpaired) electrons. The standard InChI is InChI=1S/C24H18F3N3O3/c25-24(26,27)22-14-20(30(28-22)19-8-4-7-18(13-19)23(31)29-32)15-33-21-11-9-17(10-12-21)16-5-2-1-3-6-16/h1-14,32H,15H2,(H,29,31). The van der Waals surface area contributed by atoms with Crippen LogP contribution in [0.4, 0.5) is 13.2 Å². The Balaban J connectivity index is 1.60. The number of nitrogens with zero attached hydrogens (tertiary/aromatic N) is 2. The van der Waals surface area contributed by atoms with E-state index in [9.17, 15) is 18.0 Å². The van der Waals surface area contributed by atoms with Crippen molar-refractivity contribution in [2.75, 3.05) is 0 Å². The molecule has 2 N–H and O–H groups in total. The minimum absolute atomic E-state index is 0.0578. The summed E-state index contributed by atoms with van der Waals surface area (Å²) in [5.74, 6) is -0.319. The van der Waals surface area contributed by atoms with Crippen molar-refractivity contribution >= 4 is 5.91 Å². The molecule has 9 heteroatoms. The Morgan fingerprint density at radius 2 is 1.64 bits per heavy atom. The fourth-order valence-corrected chi connectivity index (χ4v) is 3.26. The fourth-order valence-electron chi connectivity index (χ4n) is 3.26. The van der Waals surface area contributed by atoms with Crippen LogP contribution in [0.5, 0.6) is 5.75 Å². The van der Waals surface area contributed by atoms with Gasteiger partial charge in [-0.1, -0.05) is 48.5 Å². The summed E-state index contributed by atoms with van der Waals surface area (Å²) in [7, 11) is 0. The number of hydrogen-bond acceptors (Lipinski definition) is 4. The number of alkyl halides is 3.